The summed E-state index contributed by atoms with van der Waals surface area (Å²) >= 11 is 0. The van der Waals surface area contributed by atoms with Gasteiger partial charge in [0.25, 0.3) is 0 Å². The minimum atomic E-state index is -1.36. The Hall–Kier alpha value is -2.12. The summed E-state index contributed by atoms with van der Waals surface area (Å²) in [5.74, 6) is -1.11. The highest BCUT2D eigenvalue weighted by molar-refractivity contribution is 5.76. The van der Waals surface area contributed by atoms with E-state index in [9.17, 15) is 19.8 Å². The number of hydrogen-bond donors (Lipinski definition) is 3. The van der Waals surface area contributed by atoms with E-state index in [-0.39, 0.29) is 39.1 Å². The summed E-state index contributed by atoms with van der Waals surface area (Å²) < 4.78 is 5.44. The number of aliphatic hydroxyl groups is 1. The van der Waals surface area contributed by atoms with E-state index in [1.807, 2.05) is 30.3 Å². The summed E-state index contributed by atoms with van der Waals surface area (Å²) in [7, 11) is 0. The van der Waals surface area contributed by atoms with E-state index in [0.717, 1.165) is 5.56 Å². The van der Waals surface area contributed by atoms with Crippen molar-refractivity contribution in [3.8, 4) is 0 Å². The van der Waals surface area contributed by atoms with Crippen molar-refractivity contribution in [3.05, 3.63) is 35.9 Å². The molecule has 3 N–H and O–H groups in total. The van der Waals surface area contributed by atoms with Crippen LogP contribution in [0.3, 0.4) is 0 Å². The zero-order chi connectivity index (χ0) is 16.9. The molecule has 0 bridgehead atoms. The Morgan fingerprint density at radius 2 is 1.78 bits per heavy atom. The van der Waals surface area contributed by atoms with Crippen LogP contribution < -0.4 is 0 Å². The summed E-state index contributed by atoms with van der Waals surface area (Å²) in [4.78, 5) is 23.7. The van der Waals surface area contributed by atoms with Crippen LogP contribution in [0, 0.1) is 5.41 Å². The van der Waals surface area contributed by atoms with Gasteiger partial charge < -0.3 is 25.0 Å². The number of carbonyl (C=O) groups is 2. The molecule has 1 aromatic rings. The van der Waals surface area contributed by atoms with Crippen LogP contribution in [0.15, 0.2) is 30.3 Å². The van der Waals surface area contributed by atoms with Crippen molar-refractivity contribution in [3.63, 3.8) is 0 Å². The number of benzene rings is 1. The highest BCUT2D eigenvalue weighted by atomic mass is 16.5. The standard InChI is InChI=1S/C16H21NO6/c18-13(11-23-10-12-4-2-1-3-5-12)16(14(19)20)6-8-17(9-7-16)15(21)22/h1-5,13,18H,6-11H2,(H,19,20)(H,21,22). The van der Waals surface area contributed by atoms with Crippen molar-refractivity contribution in [1.82, 2.24) is 4.90 Å². The number of hydrogen-bond acceptors (Lipinski definition) is 4. The smallest absolute Gasteiger partial charge is 0.407 e. The predicted octanol–water partition coefficient (Wildman–Crippen LogP) is 1.41. The van der Waals surface area contributed by atoms with Crippen molar-refractivity contribution in [1.29, 1.82) is 0 Å². The van der Waals surface area contributed by atoms with Gasteiger partial charge in [0.1, 0.15) is 0 Å². The molecule has 1 atom stereocenters. The molecule has 1 aromatic carbocycles. The van der Waals surface area contributed by atoms with Gasteiger partial charge in [0.2, 0.25) is 0 Å². The van der Waals surface area contributed by atoms with E-state index in [1.54, 1.807) is 0 Å². The first-order valence-corrected chi connectivity index (χ1v) is 7.47. The van der Waals surface area contributed by atoms with Gasteiger partial charge in [0.05, 0.1) is 24.7 Å². The molecule has 7 nitrogen and oxygen atoms in total. The molecule has 1 fully saturated rings. The lowest BCUT2D eigenvalue weighted by Crippen LogP contribution is -2.53. The van der Waals surface area contributed by atoms with Crippen LogP contribution in [-0.4, -0.2) is 58.1 Å². The molecule has 1 unspecified atom stereocenters. The van der Waals surface area contributed by atoms with Gasteiger partial charge in [-0.25, -0.2) is 4.79 Å². The lowest BCUT2D eigenvalue weighted by Gasteiger charge is -2.40. The number of carboxylic acids is 1. The number of nitrogens with zero attached hydrogens (tertiary/aromatic N) is 1. The second-order valence-electron chi connectivity index (χ2n) is 5.75. The van der Waals surface area contributed by atoms with Crippen LogP contribution in [0.5, 0.6) is 0 Å². The van der Waals surface area contributed by atoms with Gasteiger partial charge in [-0.3, -0.25) is 4.79 Å². The summed E-state index contributed by atoms with van der Waals surface area (Å²) in [6, 6.07) is 9.38. The van der Waals surface area contributed by atoms with Crippen LogP contribution >= 0.6 is 0 Å². The third-order valence-corrected chi connectivity index (χ3v) is 4.38. The normalized spacial score (nSPS) is 18.4. The van der Waals surface area contributed by atoms with Crippen LogP contribution in [0.4, 0.5) is 4.79 Å². The average Bonchev–Trinajstić information content (AvgIpc) is 2.55. The molecular formula is C16H21NO6. The molecule has 0 saturated carbocycles. The molecule has 0 aromatic heterocycles. The molecule has 0 aliphatic carbocycles. The van der Waals surface area contributed by atoms with Crippen LogP contribution in [0.1, 0.15) is 18.4 Å². The summed E-state index contributed by atoms with van der Waals surface area (Å²) in [5.41, 5.74) is -0.424. The first-order valence-electron chi connectivity index (χ1n) is 7.47. The zero-order valence-corrected chi connectivity index (χ0v) is 12.7. The number of piperidine rings is 1. The molecule has 7 heteroatoms. The number of ether oxygens (including phenoxy) is 1. The molecule has 1 aliphatic rings. The molecule has 0 spiro atoms. The third-order valence-electron chi connectivity index (χ3n) is 4.38. The fourth-order valence-electron chi connectivity index (χ4n) is 2.81. The lowest BCUT2D eigenvalue weighted by molar-refractivity contribution is -0.165. The van der Waals surface area contributed by atoms with E-state index in [2.05, 4.69) is 0 Å². The van der Waals surface area contributed by atoms with E-state index in [1.165, 1.54) is 4.90 Å². The molecular weight excluding hydrogens is 302 g/mol. The van der Waals surface area contributed by atoms with Crippen molar-refractivity contribution in [2.45, 2.75) is 25.6 Å². The van der Waals surface area contributed by atoms with Gasteiger partial charge in [0.15, 0.2) is 0 Å². The molecule has 23 heavy (non-hydrogen) atoms. The van der Waals surface area contributed by atoms with E-state index < -0.39 is 23.6 Å². The van der Waals surface area contributed by atoms with Crippen molar-refractivity contribution in [2.24, 2.45) is 5.41 Å². The van der Waals surface area contributed by atoms with Crippen molar-refractivity contribution < 1.29 is 29.6 Å². The van der Waals surface area contributed by atoms with Gasteiger partial charge in [-0.05, 0) is 18.4 Å². The lowest BCUT2D eigenvalue weighted by atomic mass is 9.74. The quantitative estimate of drug-likeness (QED) is 0.730. The molecule has 2 rings (SSSR count). The Morgan fingerprint density at radius 3 is 2.30 bits per heavy atom. The van der Waals surface area contributed by atoms with E-state index >= 15 is 0 Å². The zero-order valence-electron chi connectivity index (χ0n) is 12.7. The Labute approximate surface area is 134 Å². The monoisotopic (exact) mass is 323 g/mol. The van der Waals surface area contributed by atoms with E-state index in [4.69, 9.17) is 9.84 Å². The molecule has 1 heterocycles. The van der Waals surface area contributed by atoms with Gasteiger partial charge in [-0.1, -0.05) is 30.3 Å². The molecule has 1 amide bonds. The van der Waals surface area contributed by atoms with Gasteiger partial charge in [0, 0.05) is 13.1 Å². The number of aliphatic hydroxyl groups excluding tert-OH is 1. The Kier molecular flexibility index (Phi) is 5.57. The van der Waals surface area contributed by atoms with Gasteiger partial charge >= 0.3 is 12.1 Å². The van der Waals surface area contributed by atoms with Crippen molar-refractivity contribution >= 4 is 12.1 Å². The van der Waals surface area contributed by atoms with Crippen molar-refractivity contribution in [2.75, 3.05) is 19.7 Å². The van der Waals surface area contributed by atoms with E-state index in [0.29, 0.717) is 0 Å². The third kappa shape index (κ3) is 4.00. The first-order chi connectivity index (χ1) is 11.0. The number of aliphatic carboxylic acids is 1. The fraction of sp³-hybridized carbons (Fsp3) is 0.500. The highest BCUT2D eigenvalue weighted by Crippen LogP contribution is 2.36. The Morgan fingerprint density at radius 1 is 1.17 bits per heavy atom. The van der Waals surface area contributed by atoms with Gasteiger partial charge in [-0.2, -0.15) is 0 Å². The number of likely N-dealkylation sites (tertiary alicyclic amines) is 1. The van der Waals surface area contributed by atoms with Crippen LogP contribution in [0.25, 0.3) is 0 Å². The topological polar surface area (TPSA) is 107 Å². The largest absolute Gasteiger partial charge is 0.481 e. The molecule has 1 saturated heterocycles. The first kappa shape index (κ1) is 17.2. The highest BCUT2D eigenvalue weighted by Gasteiger charge is 2.48. The van der Waals surface area contributed by atoms with Gasteiger partial charge in [-0.15, -0.1) is 0 Å². The fourth-order valence-corrected chi connectivity index (χ4v) is 2.81. The number of carboxylic acid groups (broad SMARTS) is 2. The number of amides is 1. The number of rotatable bonds is 6. The van der Waals surface area contributed by atoms with Crippen LogP contribution in [-0.2, 0) is 16.1 Å². The Bertz CT molecular complexity index is 539. The Balaban J connectivity index is 1.92. The minimum absolute atomic E-state index is 0.0739. The van der Waals surface area contributed by atoms with Crippen LogP contribution in [0.2, 0.25) is 0 Å². The minimum Gasteiger partial charge on any atom is -0.481 e. The summed E-state index contributed by atoms with van der Waals surface area (Å²) in [6.45, 7) is 0.373. The maximum absolute atomic E-state index is 11.6. The molecule has 1 aliphatic heterocycles. The molecule has 0 radical (unpaired) electrons. The maximum atomic E-state index is 11.6. The second-order valence-corrected chi connectivity index (χ2v) is 5.75. The predicted molar refractivity (Wildman–Crippen MR) is 81.0 cm³/mol. The maximum Gasteiger partial charge on any atom is 0.407 e. The second kappa shape index (κ2) is 7.43. The average molecular weight is 323 g/mol. The summed E-state index contributed by atoms with van der Waals surface area (Å²) in [6.07, 6.45) is -2.10. The molecule has 126 valence electrons. The summed E-state index contributed by atoms with van der Waals surface area (Å²) in [5, 5.41) is 28.8. The SMILES string of the molecule is O=C(O)N1CCC(C(=O)O)(C(O)COCc2ccccc2)CC1.